The van der Waals surface area contributed by atoms with Gasteiger partial charge in [0.1, 0.15) is 0 Å². The van der Waals surface area contributed by atoms with Crippen molar-refractivity contribution in [3.63, 3.8) is 0 Å². The Labute approximate surface area is 110 Å². The smallest absolute Gasteiger partial charge is 0.220 e. The van der Waals surface area contributed by atoms with Crippen molar-refractivity contribution in [2.24, 2.45) is 17.6 Å². The summed E-state index contributed by atoms with van der Waals surface area (Å²) in [4.78, 5) is 11.9. The first kappa shape index (κ1) is 15.4. The Kier molecular flexibility index (Phi) is 6.65. The molecule has 0 aromatic carbocycles. The summed E-state index contributed by atoms with van der Waals surface area (Å²) in [5.41, 5.74) is 5.85. The van der Waals surface area contributed by atoms with Crippen LogP contribution in [0.15, 0.2) is 0 Å². The number of amides is 1. The molecule has 4 nitrogen and oxygen atoms in total. The van der Waals surface area contributed by atoms with E-state index in [1.807, 2.05) is 0 Å². The molecule has 1 aliphatic rings. The largest absolute Gasteiger partial charge is 0.394 e. The molecule has 1 aliphatic carbocycles. The lowest BCUT2D eigenvalue weighted by atomic mass is 9.84. The van der Waals surface area contributed by atoms with E-state index in [9.17, 15) is 9.90 Å². The van der Waals surface area contributed by atoms with Crippen LogP contribution >= 0.6 is 0 Å². The minimum absolute atomic E-state index is 0.0272. The van der Waals surface area contributed by atoms with E-state index in [-0.39, 0.29) is 18.6 Å². The quantitative estimate of drug-likeness (QED) is 0.672. The van der Waals surface area contributed by atoms with Gasteiger partial charge in [-0.1, -0.05) is 13.8 Å². The maximum atomic E-state index is 11.9. The zero-order chi connectivity index (χ0) is 13.5. The number of nitrogens with two attached hydrogens (primary N) is 1. The molecular weight excluding hydrogens is 228 g/mol. The predicted molar refractivity (Wildman–Crippen MR) is 73.0 cm³/mol. The first-order valence-electron chi connectivity index (χ1n) is 7.17. The van der Waals surface area contributed by atoms with E-state index in [0.29, 0.717) is 24.3 Å². The second-order valence-corrected chi connectivity index (χ2v) is 6.06. The maximum absolute atomic E-state index is 11.9. The number of nitrogens with one attached hydrogen (secondary N) is 1. The lowest BCUT2D eigenvalue weighted by molar-refractivity contribution is -0.123. The summed E-state index contributed by atoms with van der Waals surface area (Å²) >= 11 is 0. The number of hydrogen-bond donors (Lipinski definition) is 3. The van der Waals surface area contributed by atoms with E-state index < -0.39 is 0 Å². The number of hydrogen-bond acceptors (Lipinski definition) is 3. The van der Waals surface area contributed by atoms with Crippen molar-refractivity contribution < 1.29 is 9.90 Å². The molecule has 0 aromatic heterocycles. The fourth-order valence-corrected chi connectivity index (χ4v) is 2.69. The lowest BCUT2D eigenvalue weighted by Crippen LogP contribution is -2.39. The second-order valence-electron chi connectivity index (χ2n) is 6.06. The lowest BCUT2D eigenvalue weighted by Gasteiger charge is -2.26. The molecule has 0 saturated heterocycles. The van der Waals surface area contributed by atoms with E-state index in [4.69, 9.17) is 5.73 Å². The molecule has 4 heteroatoms. The highest BCUT2D eigenvalue weighted by atomic mass is 16.3. The average molecular weight is 256 g/mol. The molecule has 1 rings (SSSR count). The van der Waals surface area contributed by atoms with Crippen LogP contribution in [-0.2, 0) is 4.79 Å². The molecule has 0 aromatic rings. The van der Waals surface area contributed by atoms with Crippen LogP contribution in [0, 0.1) is 11.8 Å². The molecule has 0 aliphatic heterocycles. The zero-order valence-corrected chi connectivity index (χ0v) is 11.7. The second kappa shape index (κ2) is 7.74. The van der Waals surface area contributed by atoms with E-state index in [1.165, 1.54) is 0 Å². The van der Waals surface area contributed by atoms with Gasteiger partial charge in [-0.3, -0.25) is 4.79 Å². The molecule has 1 atom stereocenters. The van der Waals surface area contributed by atoms with Gasteiger partial charge in [0.2, 0.25) is 5.91 Å². The van der Waals surface area contributed by atoms with Gasteiger partial charge >= 0.3 is 0 Å². The summed E-state index contributed by atoms with van der Waals surface area (Å²) in [6.07, 6.45) is 5.60. The Morgan fingerprint density at radius 1 is 1.33 bits per heavy atom. The Bertz CT molecular complexity index is 248. The van der Waals surface area contributed by atoms with Gasteiger partial charge in [0.15, 0.2) is 0 Å². The summed E-state index contributed by atoms with van der Waals surface area (Å²) in [7, 11) is 0. The molecule has 0 bridgehead atoms. The molecule has 0 spiro atoms. The molecular formula is C14H28N2O2. The van der Waals surface area contributed by atoms with Crippen LogP contribution in [0.5, 0.6) is 0 Å². The van der Waals surface area contributed by atoms with Gasteiger partial charge in [-0.05, 0) is 43.9 Å². The van der Waals surface area contributed by atoms with Crippen LogP contribution in [0.1, 0.15) is 52.4 Å². The van der Waals surface area contributed by atoms with Gasteiger partial charge < -0.3 is 16.2 Å². The van der Waals surface area contributed by atoms with Crippen molar-refractivity contribution in [3.8, 4) is 0 Å². The third-order valence-corrected chi connectivity index (χ3v) is 3.71. The SMILES string of the molecule is CC(C)CC(CO)NC(=O)CC1CCC(N)CC1. The van der Waals surface area contributed by atoms with Gasteiger partial charge in [0, 0.05) is 12.5 Å². The third-order valence-electron chi connectivity index (χ3n) is 3.71. The molecule has 106 valence electrons. The minimum atomic E-state index is -0.0941. The first-order valence-corrected chi connectivity index (χ1v) is 7.17. The van der Waals surface area contributed by atoms with Gasteiger partial charge in [-0.15, -0.1) is 0 Å². The number of aliphatic hydroxyl groups excluding tert-OH is 1. The topological polar surface area (TPSA) is 75.3 Å². The molecule has 1 amide bonds. The predicted octanol–water partition coefficient (Wildman–Crippen LogP) is 1.42. The summed E-state index contributed by atoms with van der Waals surface area (Å²) in [6, 6.07) is 0.235. The van der Waals surface area contributed by atoms with E-state index >= 15 is 0 Å². The van der Waals surface area contributed by atoms with Crippen LogP contribution in [0.4, 0.5) is 0 Å². The summed E-state index contributed by atoms with van der Waals surface area (Å²) in [6.45, 7) is 4.22. The number of aliphatic hydroxyl groups is 1. The summed E-state index contributed by atoms with van der Waals surface area (Å²) in [5.74, 6) is 1.04. The molecule has 1 unspecified atom stereocenters. The highest BCUT2D eigenvalue weighted by Crippen LogP contribution is 2.25. The molecule has 1 saturated carbocycles. The third kappa shape index (κ3) is 5.83. The Morgan fingerprint density at radius 3 is 2.44 bits per heavy atom. The fourth-order valence-electron chi connectivity index (χ4n) is 2.69. The van der Waals surface area contributed by atoms with E-state index in [0.717, 1.165) is 32.1 Å². The molecule has 0 heterocycles. The molecule has 1 fully saturated rings. The van der Waals surface area contributed by atoms with Crippen molar-refractivity contribution in [2.75, 3.05) is 6.61 Å². The average Bonchev–Trinajstić information content (AvgIpc) is 2.30. The molecule has 18 heavy (non-hydrogen) atoms. The number of carbonyl (C=O) groups excluding carboxylic acids is 1. The molecule has 4 N–H and O–H groups in total. The van der Waals surface area contributed by atoms with Crippen molar-refractivity contribution in [2.45, 2.75) is 64.5 Å². The van der Waals surface area contributed by atoms with Crippen molar-refractivity contribution in [1.82, 2.24) is 5.32 Å². The number of carbonyl (C=O) groups is 1. The minimum Gasteiger partial charge on any atom is -0.394 e. The molecule has 0 radical (unpaired) electrons. The number of rotatable bonds is 6. The Morgan fingerprint density at radius 2 is 1.94 bits per heavy atom. The van der Waals surface area contributed by atoms with Gasteiger partial charge in [-0.2, -0.15) is 0 Å². The van der Waals surface area contributed by atoms with Gasteiger partial charge in [0.05, 0.1) is 12.6 Å². The Hall–Kier alpha value is -0.610. The van der Waals surface area contributed by atoms with Crippen LogP contribution in [-0.4, -0.2) is 29.7 Å². The normalized spacial score (nSPS) is 26.1. The van der Waals surface area contributed by atoms with Gasteiger partial charge in [-0.25, -0.2) is 0 Å². The zero-order valence-electron chi connectivity index (χ0n) is 11.7. The van der Waals surface area contributed by atoms with Crippen molar-refractivity contribution in [3.05, 3.63) is 0 Å². The summed E-state index contributed by atoms with van der Waals surface area (Å²) < 4.78 is 0. The van der Waals surface area contributed by atoms with Crippen molar-refractivity contribution >= 4 is 5.91 Å². The first-order chi connectivity index (χ1) is 8.51. The maximum Gasteiger partial charge on any atom is 0.220 e. The van der Waals surface area contributed by atoms with Crippen LogP contribution in [0.2, 0.25) is 0 Å². The highest BCUT2D eigenvalue weighted by Gasteiger charge is 2.22. The van der Waals surface area contributed by atoms with E-state index in [1.54, 1.807) is 0 Å². The standard InChI is InChI=1S/C14H28N2O2/c1-10(2)7-13(9-17)16-14(18)8-11-3-5-12(15)6-4-11/h10-13,17H,3-9,15H2,1-2H3,(H,16,18). The van der Waals surface area contributed by atoms with Crippen LogP contribution in [0.3, 0.4) is 0 Å². The highest BCUT2D eigenvalue weighted by molar-refractivity contribution is 5.76. The van der Waals surface area contributed by atoms with Gasteiger partial charge in [0.25, 0.3) is 0 Å². The monoisotopic (exact) mass is 256 g/mol. The summed E-state index contributed by atoms with van der Waals surface area (Å²) in [5, 5.41) is 12.2. The fraction of sp³-hybridized carbons (Fsp3) is 0.929. The van der Waals surface area contributed by atoms with Crippen LogP contribution < -0.4 is 11.1 Å². The van der Waals surface area contributed by atoms with E-state index in [2.05, 4.69) is 19.2 Å². The van der Waals surface area contributed by atoms with Crippen molar-refractivity contribution in [1.29, 1.82) is 0 Å². The van der Waals surface area contributed by atoms with Crippen LogP contribution in [0.25, 0.3) is 0 Å². The Balaban J connectivity index is 2.27.